The molecule has 21 heavy (non-hydrogen) atoms. The van der Waals surface area contributed by atoms with Gasteiger partial charge in [0.25, 0.3) is 0 Å². The molecule has 2 heteroatoms. The van der Waals surface area contributed by atoms with Gasteiger partial charge in [-0.05, 0) is 62.1 Å². The normalized spacial score (nSPS) is 12.2. The highest BCUT2D eigenvalue weighted by atomic mass is 16.5. The van der Waals surface area contributed by atoms with Crippen LogP contribution < -0.4 is 10.5 Å². The highest BCUT2D eigenvalue weighted by Crippen LogP contribution is 2.27. The number of hydrogen-bond donors (Lipinski definition) is 1. The maximum atomic E-state index is 6.02. The van der Waals surface area contributed by atoms with E-state index in [0.29, 0.717) is 19.1 Å². The molecule has 112 valence electrons. The first-order valence-corrected chi connectivity index (χ1v) is 7.63. The maximum Gasteiger partial charge on any atom is 0.122 e. The van der Waals surface area contributed by atoms with E-state index in [0.717, 1.165) is 12.2 Å². The summed E-state index contributed by atoms with van der Waals surface area (Å²) in [6.07, 6.45) is 0.912. The van der Waals surface area contributed by atoms with Crippen molar-refractivity contribution in [3.05, 3.63) is 64.7 Å². The van der Waals surface area contributed by atoms with E-state index in [1.54, 1.807) is 0 Å². The molecule has 0 bridgehead atoms. The lowest BCUT2D eigenvalue weighted by atomic mass is 9.90. The van der Waals surface area contributed by atoms with Crippen molar-refractivity contribution in [3.8, 4) is 5.75 Å². The first-order valence-electron chi connectivity index (χ1n) is 7.63. The summed E-state index contributed by atoms with van der Waals surface area (Å²) in [6.45, 7) is 7.64. The Morgan fingerprint density at radius 3 is 2.48 bits per heavy atom. The second-order valence-corrected chi connectivity index (χ2v) is 5.52. The summed E-state index contributed by atoms with van der Waals surface area (Å²) in [5, 5.41) is 0. The van der Waals surface area contributed by atoms with E-state index < -0.39 is 0 Å². The van der Waals surface area contributed by atoms with E-state index in [2.05, 4.69) is 44.2 Å². The van der Waals surface area contributed by atoms with Gasteiger partial charge in [0, 0.05) is 5.92 Å². The van der Waals surface area contributed by atoms with Gasteiger partial charge in [-0.3, -0.25) is 0 Å². The van der Waals surface area contributed by atoms with Crippen LogP contribution >= 0.6 is 0 Å². The van der Waals surface area contributed by atoms with Gasteiger partial charge in [0.05, 0.1) is 6.61 Å². The van der Waals surface area contributed by atoms with Crippen LogP contribution in [-0.2, 0) is 6.42 Å². The molecule has 0 radical (unpaired) electrons. The van der Waals surface area contributed by atoms with Crippen molar-refractivity contribution in [2.75, 3.05) is 13.2 Å². The number of ether oxygens (including phenoxy) is 1. The zero-order chi connectivity index (χ0) is 15.2. The van der Waals surface area contributed by atoms with E-state index in [4.69, 9.17) is 10.5 Å². The molecule has 0 fully saturated rings. The molecule has 2 aromatic rings. The van der Waals surface area contributed by atoms with Gasteiger partial charge in [-0.25, -0.2) is 0 Å². The lowest BCUT2D eigenvalue weighted by Crippen LogP contribution is -2.16. The van der Waals surface area contributed by atoms with Crippen molar-refractivity contribution < 1.29 is 4.74 Å². The molecule has 2 rings (SSSR count). The van der Waals surface area contributed by atoms with Crippen LogP contribution in [0.2, 0.25) is 0 Å². The monoisotopic (exact) mass is 283 g/mol. The molecular formula is C19H25NO. The van der Waals surface area contributed by atoms with E-state index in [1.165, 1.54) is 22.3 Å². The molecule has 0 aromatic heterocycles. The molecule has 0 saturated carbocycles. The predicted molar refractivity (Wildman–Crippen MR) is 89.0 cm³/mol. The molecule has 0 heterocycles. The van der Waals surface area contributed by atoms with Gasteiger partial charge in [-0.1, -0.05) is 36.4 Å². The summed E-state index contributed by atoms with van der Waals surface area (Å²) in [7, 11) is 0. The fourth-order valence-electron chi connectivity index (χ4n) is 2.59. The zero-order valence-corrected chi connectivity index (χ0v) is 13.2. The summed E-state index contributed by atoms with van der Waals surface area (Å²) < 4.78 is 5.72. The predicted octanol–water partition coefficient (Wildman–Crippen LogP) is 3.99. The number of aryl methyl sites for hydroxylation is 2. The highest BCUT2D eigenvalue weighted by Gasteiger charge is 2.14. The molecule has 0 amide bonds. The molecule has 0 spiro atoms. The van der Waals surface area contributed by atoms with Crippen LogP contribution in [0.3, 0.4) is 0 Å². The molecule has 0 aliphatic heterocycles. The Labute approximate surface area is 127 Å². The Hall–Kier alpha value is -1.80. The smallest absolute Gasteiger partial charge is 0.122 e. The van der Waals surface area contributed by atoms with Crippen LogP contribution in [0.1, 0.15) is 35.1 Å². The third-order valence-electron chi connectivity index (χ3n) is 4.03. The number of hydrogen-bond acceptors (Lipinski definition) is 2. The number of nitrogens with two attached hydrogens (primary N) is 1. The van der Waals surface area contributed by atoms with E-state index in [9.17, 15) is 0 Å². The number of rotatable bonds is 6. The van der Waals surface area contributed by atoms with Crippen molar-refractivity contribution >= 4 is 0 Å². The number of para-hydroxylation sites is 1. The minimum atomic E-state index is 0.325. The second-order valence-electron chi connectivity index (χ2n) is 5.52. The Kier molecular flexibility index (Phi) is 5.40. The quantitative estimate of drug-likeness (QED) is 0.870. The molecule has 0 saturated heterocycles. The SMILES string of the molecule is CCOc1ccccc1CC(CN)c1ccc(C)c(C)c1. The van der Waals surface area contributed by atoms with Crippen molar-refractivity contribution in [1.29, 1.82) is 0 Å². The van der Waals surface area contributed by atoms with Crippen LogP contribution in [0.25, 0.3) is 0 Å². The average Bonchev–Trinajstić information content (AvgIpc) is 2.49. The third-order valence-corrected chi connectivity index (χ3v) is 4.03. The lowest BCUT2D eigenvalue weighted by Gasteiger charge is -2.18. The van der Waals surface area contributed by atoms with Crippen LogP contribution in [0.5, 0.6) is 5.75 Å². The van der Waals surface area contributed by atoms with Crippen LogP contribution in [0, 0.1) is 13.8 Å². The Bertz CT molecular complexity index is 592. The Morgan fingerprint density at radius 2 is 1.81 bits per heavy atom. The van der Waals surface area contributed by atoms with Gasteiger partial charge in [0.15, 0.2) is 0 Å². The van der Waals surface area contributed by atoms with Crippen molar-refractivity contribution in [2.45, 2.75) is 33.1 Å². The fraction of sp³-hybridized carbons (Fsp3) is 0.368. The first kappa shape index (κ1) is 15.6. The van der Waals surface area contributed by atoms with Gasteiger partial charge < -0.3 is 10.5 Å². The van der Waals surface area contributed by atoms with Gasteiger partial charge in [-0.15, -0.1) is 0 Å². The zero-order valence-electron chi connectivity index (χ0n) is 13.2. The topological polar surface area (TPSA) is 35.2 Å². The summed E-state index contributed by atoms with van der Waals surface area (Å²) >= 11 is 0. The lowest BCUT2D eigenvalue weighted by molar-refractivity contribution is 0.335. The second kappa shape index (κ2) is 7.28. The molecule has 2 nitrogen and oxygen atoms in total. The molecule has 0 aliphatic rings. The van der Waals surface area contributed by atoms with E-state index >= 15 is 0 Å². The highest BCUT2D eigenvalue weighted by molar-refractivity contribution is 5.37. The maximum absolute atomic E-state index is 6.02. The summed E-state index contributed by atoms with van der Waals surface area (Å²) in [4.78, 5) is 0. The van der Waals surface area contributed by atoms with Gasteiger partial charge >= 0.3 is 0 Å². The van der Waals surface area contributed by atoms with E-state index in [1.807, 2.05) is 19.1 Å². The van der Waals surface area contributed by atoms with Gasteiger partial charge in [-0.2, -0.15) is 0 Å². The standard InChI is InChI=1S/C19H25NO/c1-4-21-19-8-6-5-7-17(19)12-18(13-20)16-10-9-14(2)15(3)11-16/h5-11,18H,4,12-13,20H2,1-3H3. The van der Waals surface area contributed by atoms with Gasteiger partial charge in [0.2, 0.25) is 0 Å². The average molecular weight is 283 g/mol. The molecule has 1 atom stereocenters. The van der Waals surface area contributed by atoms with Crippen LogP contribution in [-0.4, -0.2) is 13.2 Å². The van der Waals surface area contributed by atoms with Crippen molar-refractivity contribution in [3.63, 3.8) is 0 Å². The van der Waals surface area contributed by atoms with E-state index in [-0.39, 0.29) is 0 Å². The van der Waals surface area contributed by atoms with Crippen LogP contribution in [0.15, 0.2) is 42.5 Å². The molecule has 2 aromatic carbocycles. The van der Waals surface area contributed by atoms with Crippen molar-refractivity contribution in [2.24, 2.45) is 5.73 Å². The first-order chi connectivity index (χ1) is 10.2. The summed E-state index contributed by atoms with van der Waals surface area (Å²) in [5.41, 5.74) is 11.2. The molecular weight excluding hydrogens is 258 g/mol. The van der Waals surface area contributed by atoms with Gasteiger partial charge in [0.1, 0.15) is 5.75 Å². The summed E-state index contributed by atoms with van der Waals surface area (Å²) in [5.74, 6) is 1.30. The Morgan fingerprint density at radius 1 is 1.05 bits per heavy atom. The minimum Gasteiger partial charge on any atom is -0.494 e. The molecule has 2 N–H and O–H groups in total. The third kappa shape index (κ3) is 3.85. The minimum absolute atomic E-state index is 0.325. The summed E-state index contributed by atoms with van der Waals surface area (Å²) in [6, 6.07) is 14.9. The van der Waals surface area contributed by atoms with Crippen molar-refractivity contribution in [1.82, 2.24) is 0 Å². The van der Waals surface area contributed by atoms with Crippen LogP contribution in [0.4, 0.5) is 0 Å². The number of benzene rings is 2. The largest absolute Gasteiger partial charge is 0.494 e. The fourth-order valence-corrected chi connectivity index (χ4v) is 2.59. The Balaban J connectivity index is 2.24. The molecule has 1 unspecified atom stereocenters. The molecule has 0 aliphatic carbocycles.